The molecule has 2 aromatic heterocycles. The number of aromatic nitrogens is 2. The summed E-state index contributed by atoms with van der Waals surface area (Å²) in [7, 11) is 0. The maximum atomic E-state index is 5.29. The molecular formula is C48H36N2S. The lowest BCUT2D eigenvalue weighted by Gasteiger charge is -2.49. The monoisotopic (exact) mass is 672 g/mol. The Morgan fingerprint density at radius 3 is 1.78 bits per heavy atom. The van der Waals surface area contributed by atoms with Crippen molar-refractivity contribution in [1.29, 1.82) is 0 Å². The molecule has 0 bridgehead atoms. The molecule has 1 aliphatic carbocycles. The molecule has 0 spiro atoms. The minimum atomic E-state index is -0.139. The summed E-state index contributed by atoms with van der Waals surface area (Å²) in [6.45, 7) is 9.79. The van der Waals surface area contributed by atoms with Crippen molar-refractivity contribution in [3.8, 4) is 44.8 Å². The van der Waals surface area contributed by atoms with Crippen LogP contribution in [0.5, 0.6) is 0 Å². The minimum Gasteiger partial charge on any atom is -0.244 e. The van der Waals surface area contributed by atoms with Gasteiger partial charge in [-0.1, -0.05) is 143 Å². The Morgan fingerprint density at radius 2 is 1.04 bits per heavy atom. The van der Waals surface area contributed by atoms with Crippen LogP contribution in [0.25, 0.3) is 86.7 Å². The second-order valence-corrected chi connectivity index (χ2v) is 16.1. The molecule has 51 heavy (non-hydrogen) atoms. The van der Waals surface area contributed by atoms with Gasteiger partial charge in [0.2, 0.25) is 0 Å². The van der Waals surface area contributed by atoms with E-state index in [1.54, 1.807) is 0 Å². The summed E-state index contributed by atoms with van der Waals surface area (Å²) in [5.41, 5.74) is 13.3. The highest BCUT2D eigenvalue weighted by molar-refractivity contribution is 7.26. The fraction of sp³-hybridized carbons (Fsp3) is 0.125. The predicted molar refractivity (Wildman–Crippen MR) is 218 cm³/mol. The van der Waals surface area contributed by atoms with Crippen LogP contribution < -0.4 is 0 Å². The van der Waals surface area contributed by atoms with Crippen LogP contribution in [0.15, 0.2) is 146 Å². The smallest absolute Gasteiger partial charge is 0.0973 e. The first-order valence-electron chi connectivity index (χ1n) is 17.7. The van der Waals surface area contributed by atoms with E-state index in [0.29, 0.717) is 0 Å². The largest absolute Gasteiger partial charge is 0.244 e. The van der Waals surface area contributed by atoms with Gasteiger partial charge in [0.1, 0.15) is 0 Å². The molecule has 0 fully saturated rings. The van der Waals surface area contributed by atoms with Gasteiger partial charge in [0, 0.05) is 36.7 Å². The van der Waals surface area contributed by atoms with Crippen LogP contribution in [0.4, 0.5) is 0 Å². The molecular weight excluding hydrogens is 637 g/mol. The molecule has 9 aromatic rings. The number of thiophene rings is 1. The molecule has 2 nitrogen and oxygen atoms in total. The Hall–Kier alpha value is -5.64. The van der Waals surface area contributed by atoms with Crippen molar-refractivity contribution in [3.05, 3.63) is 157 Å². The lowest BCUT2D eigenvalue weighted by atomic mass is 9.54. The Kier molecular flexibility index (Phi) is 6.47. The molecule has 0 amide bonds. The summed E-state index contributed by atoms with van der Waals surface area (Å²) >= 11 is 1.92. The van der Waals surface area contributed by atoms with Gasteiger partial charge in [-0.25, -0.2) is 9.97 Å². The van der Waals surface area contributed by atoms with E-state index < -0.39 is 0 Å². The van der Waals surface area contributed by atoms with Crippen LogP contribution in [0.2, 0.25) is 0 Å². The second-order valence-electron chi connectivity index (χ2n) is 15.0. The molecule has 244 valence electrons. The molecule has 0 atom stereocenters. The molecule has 7 aromatic carbocycles. The lowest BCUT2D eigenvalue weighted by Crippen LogP contribution is -2.43. The van der Waals surface area contributed by atoms with E-state index in [2.05, 4.69) is 161 Å². The highest BCUT2D eigenvalue weighted by Crippen LogP contribution is 2.58. The molecule has 0 radical (unpaired) electrons. The van der Waals surface area contributed by atoms with Crippen molar-refractivity contribution in [2.45, 2.75) is 38.5 Å². The lowest BCUT2D eigenvalue weighted by molar-refractivity contribution is 0.301. The third kappa shape index (κ3) is 4.41. The molecule has 0 N–H and O–H groups in total. The fourth-order valence-corrected chi connectivity index (χ4v) is 9.59. The molecule has 3 heteroatoms. The summed E-state index contributed by atoms with van der Waals surface area (Å²) < 4.78 is 2.73. The zero-order valence-corrected chi connectivity index (χ0v) is 30.0. The van der Waals surface area contributed by atoms with Crippen LogP contribution in [-0.2, 0) is 10.8 Å². The van der Waals surface area contributed by atoms with Crippen molar-refractivity contribution in [3.63, 3.8) is 0 Å². The van der Waals surface area contributed by atoms with Crippen molar-refractivity contribution < 1.29 is 0 Å². The number of hydrogen-bond acceptors (Lipinski definition) is 3. The molecule has 0 saturated heterocycles. The Balaban J connectivity index is 1.16. The summed E-state index contributed by atoms with van der Waals surface area (Å²) in [5, 5.41) is 5.47. The van der Waals surface area contributed by atoms with Gasteiger partial charge >= 0.3 is 0 Å². The second kappa shape index (κ2) is 10.9. The number of nitrogens with zero attached hydrogens (tertiary/aromatic N) is 2. The summed E-state index contributed by atoms with van der Waals surface area (Å²) in [4.78, 5) is 10.5. The summed E-state index contributed by atoms with van der Waals surface area (Å²) in [6, 6.07) is 52.6. The highest BCUT2D eigenvalue weighted by atomic mass is 32.1. The molecule has 0 unspecified atom stereocenters. The van der Waals surface area contributed by atoms with Crippen LogP contribution >= 0.6 is 11.3 Å². The average molecular weight is 673 g/mol. The van der Waals surface area contributed by atoms with E-state index in [0.717, 1.165) is 39.1 Å². The van der Waals surface area contributed by atoms with E-state index in [-0.39, 0.29) is 10.8 Å². The molecule has 2 heterocycles. The molecule has 0 aliphatic heterocycles. The van der Waals surface area contributed by atoms with Crippen molar-refractivity contribution in [2.24, 2.45) is 0 Å². The summed E-state index contributed by atoms with van der Waals surface area (Å²) in [5.74, 6) is 0. The number of hydrogen-bond donors (Lipinski definition) is 0. The van der Waals surface area contributed by atoms with Gasteiger partial charge in [0.15, 0.2) is 0 Å². The van der Waals surface area contributed by atoms with E-state index >= 15 is 0 Å². The standard InChI is InChI=1S/C48H36N2S/c1-47(2)37-27-32(33-20-24-38-39(28-33)50-46(31-16-9-6-10-17-31)45(49-38)30-14-7-5-8-15-30)19-22-35(37)36-23-26-41-43(44(36)48(47,3)4)42-34-18-12-11-13-29(34)21-25-40(42)51-41/h5-28H,1-4H3. The van der Waals surface area contributed by atoms with Gasteiger partial charge < -0.3 is 0 Å². The number of rotatable bonds is 3. The predicted octanol–water partition coefficient (Wildman–Crippen LogP) is 13.4. The van der Waals surface area contributed by atoms with Crippen LogP contribution in [0, 0.1) is 0 Å². The third-order valence-electron chi connectivity index (χ3n) is 11.8. The Labute approximate surface area is 302 Å². The van der Waals surface area contributed by atoms with Crippen LogP contribution in [-0.4, -0.2) is 9.97 Å². The number of benzene rings is 7. The van der Waals surface area contributed by atoms with Gasteiger partial charge in [-0.15, -0.1) is 11.3 Å². The maximum absolute atomic E-state index is 5.29. The van der Waals surface area contributed by atoms with Crippen molar-refractivity contribution in [1.82, 2.24) is 9.97 Å². The Morgan fingerprint density at radius 1 is 0.451 bits per heavy atom. The molecule has 0 saturated carbocycles. The number of fused-ring (bicyclic) bond motifs is 10. The van der Waals surface area contributed by atoms with Gasteiger partial charge in [-0.3, -0.25) is 0 Å². The first-order chi connectivity index (χ1) is 24.8. The van der Waals surface area contributed by atoms with Gasteiger partial charge in [-0.2, -0.15) is 0 Å². The van der Waals surface area contributed by atoms with Gasteiger partial charge in [-0.05, 0) is 79.9 Å². The SMILES string of the molecule is CC1(C)c2cc(-c3ccc4nc(-c5ccccc5)c(-c5ccccc5)nc4c3)ccc2-c2ccc3sc4ccc5ccccc5c4c3c2C1(C)C. The summed E-state index contributed by atoms with van der Waals surface area (Å²) in [6.07, 6.45) is 0. The maximum Gasteiger partial charge on any atom is 0.0973 e. The van der Waals surface area contributed by atoms with E-state index in [1.165, 1.54) is 58.8 Å². The first-order valence-corrected chi connectivity index (χ1v) is 18.6. The minimum absolute atomic E-state index is 0.133. The molecule has 10 rings (SSSR count). The van der Waals surface area contributed by atoms with Crippen LogP contribution in [0.3, 0.4) is 0 Å². The highest BCUT2D eigenvalue weighted by Gasteiger charge is 2.47. The Bertz CT molecular complexity index is 2850. The van der Waals surface area contributed by atoms with E-state index in [9.17, 15) is 0 Å². The quantitative estimate of drug-likeness (QED) is 0.187. The zero-order chi connectivity index (χ0) is 34.5. The average Bonchev–Trinajstić information content (AvgIpc) is 3.56. The third-order valence-corrected chi connectivity index (χ3v) is 12.9. The van der Waals surface area contributed by atoms with Crippen molar-refractivity contribution >= 4 is 53.3 Å². The van der Waals surface area contributed by atoms with E-state index in [4.69, 9.17) is 9.97 Å². The molecule has 1 aliphatic rings. The van der Waals surface area contributed by atoms with Gasteiger partial charge in [0.05, 0.1) is 22.4 Å². The van der Waals surface area contributed by atoms with Gasteiger partial charge in [0.25, 0.3) is 0 Å². The van der Waals surface area contributed by atoms with Crippen LogP contribution in [0.1, 0.15) is 38.8 Å². The fourth-order valence-electron chi connectivity index (χ4n) is 8.46. The topological polar surface area (TPSA) is 25.8 Å². The van der Waals surface area contributed by atoms with E-state index in [1.807, 2.05) is 23.5 Å². The zero-order valence-electron chi connectivity index (χ0n) is 29.2. The van der Waals surface area contributed by atoms with Crippen molar-refractivity contribution in [2.75, 3.05) is 0 Å². The first kappa shape index (κ1) is 30.2. The normalized spacial score (nSPS) is 14.6.